The van der Waals surface area contributed by atoms with Gasteiger partial charge in [-0.25, -0.2) is 9.78 Å². The summed E-state index contributed by atoms with van der Waals surface area (Å²) in [6, 6.07) is 24.9. The molecule has 1 aromatic heterocycles. The van der Waals surface area contributed by atoms with Crippen LogP contribution in [0, 0.1) is 0 Å². The number of aromatic nitrogens is 2. The average molecular weight is 428 g/mol. The van der Waals surface area contributed by atoms with E-state index in [4.69, 9.17) is 0 Å². The van der Waals surface area contributed by atoms with Crippen LogP contribution < -0.4 is 10.6 Å². The molecule has 4 rings (SSSR count). The second-order valence-electron chi connectivity index (χ2n) is 7.55. The maximum Gasteiger partial charge on any atom is 0.317 e. The molecule has 4 aromatic rings. The second-order valence-corrected chi connectivity index (χ2v) is 7.55. The molecule has 0 atom stereocenters. The van der Waals surface area contributed by atoms with E-state index in [1.807, 2.05) is 78.9 Å². The van der Waals surface area contributed by atoms with Crippen molar-refractivity contribution in [1.29, 1.82) is 0 Å². The third-order valence-corrected chi connectivity index (χ3v) is 5.07. The highest BCUT2D eigenvalue weighted by atomic mass is 16.2. The van der Waals surface area contributed by atoms with Crippen molar-refractivity contribution >= 4 is 28.7 Å². The van der Waals surface area contributed by atoms with Gasteiger partial charge in [0.2, 0.25) is 5.91 Å². The minimum absolute atomic E-state index is 0.160. The number of nitrogens with zero attached hydrogens (tertiary/aromatic N) is 2. The molecular formula is C25H25N5O2. The molecule has 0 aliphatic rings. The molecule has 1 heterocycles. The minimum Gasteiger partial charge on any atom is -0.338 e. The molecular weight excluding hydrogens is 402 g/mol. The Balaban J connectivity index is 1.24. The van der Waals surface area contributed by atoms with Gasteiger partial charge in [0.25, 0.3) is 0 Å². The molecule has 32 heavy (non-hydrogen) atoms. The fraction of sp³-hybridized carbons (Fsp3) is 0.160. The highest BCUT2D eigenvalue weighted by molar-refractivity contribution is 5.91. The Morgan fingerprint density at radius 2 is 1.66 bits per heavy atom. The number of benzene rings is 3. The summed E-state index contributed by atoms with van der Waals surface area (Å²) in [7, 11) is 1.73. The van der Waals surface area contributed by atoms with Crippen LogP contribution in [0.5, 0.6) is 0 Å². The number of fused-ring (bicyclic) bond motifs is 1. The van der Waals surface area contributed by atoms with E-state index >= 15 is 0 Å². The Kier molecular flexibility index (Phi) is 6.46. The van der Waals surface area contributed by atoms with Crippen LogP contribution in [0.1, 0.15) is 12.0 Å². The molecule has 3 aromatic carbocycles. The monoisotopic (exact) mass is 427 g/mol. The molecule has 0 fully saturated rings. The van der Waals surface area contributed by atoms with Crippen LogP contribution in [0.3, 0.4) is 0 Å². The number of amides is 3. The minimum atomic E-state index is -0.211. The van der Waals surface area contributed by atoms with E-state index in [0.717, 1.165) is 28.0 Å². The summed E-state index contributed by atoms with van der Waals surface area (Å²) >= 11 is 0. The Morgan fingerprint density at radius 3 is 2.41 bits per heavy atom. The number of hydrogen-bond acceptors (Lipinski definition) is 3. The molecule has 0 bridgehead atoms. The van der Waals surface area contributed by atoms with Gasteiger partial charge in [-0.05, 0) is 42.0 Å². The molecule has 0 saturated heterocycles. The fourth-order valence-corrected chi connectivity index (χ4v) is 3.37. The predicted molar refractivity (Wildman–Crippen MR) is 126 cm³/mol. The molecule has 0 aliphatic carbocycles. The van der Waals surface area contributed by atoms with Crippen LogP contribution in [-0.2, 0) is 11.3 Å². The van der Waals surface area contributed by atoms with Crippen LogP contribution in [-0.4, -0.2) is 40.4 Å². The number of urea groups is 1. The van der Waals surface area contributed by atoms with Gasteiger partial charge in [0, 0.05) is 37.8 Å². The van der Waals surface area contributed by atoms with E-state index in [1.54, 1.807) is 11.9 Å². The highest BCUT2D eigenvalue weighted by Gasteiger charge is 2.10. The summed E-state index contributed by atoms with van der Waals surface area (Å²) in [5, 5.41) is 5.63. The number of imidazole rings is 1. The first-order valence-electron chi connectivity index (χ1n) is 10.5. The fourth-order valence-electron chi connectivity index (χ4n) is 3.37. The number of carbonyl (C=O) groups excluding carboxylic acids is 2. The van der Waals surface area contributed by atoms with Crippen LogP contribution in [0.2, 0.25) is 0 Å². The quantitative estimate of drug-likeness (QED) is 0.408. The zero-order chi connectivity index (χ0) is 22.3. The lowest BCUT2D eigenvalue weighted by Gasteiger charge is -2.18. The summed E-state index contributed by atoms with van der Waals surface area (Å²) in [6.45, 7) is 0.775. The third-order valence-electron chi connectivity index (χ3n) is 5.07. The summed E-state index contributed by atoms with van der Waals surface area (Å²) in [6.07, 6.45) is 0.191. The topological polar surface area (TPSA) is 90.1 Å². The standard InChI is InChI=1S/C25H25N5O2/c1-30(17-18-7-3-2-4-8-18)25(32)26-16-15-23(31)27-20-13-11-19(12-14-20)24-28-21-9-5-6-10-22(21)29-24/h2-14H,15-17H2,1H3,(H,26,32)(H,27,31)(H,28,29). The first-order chi connectivity index (χ1) is 15.6. The largest absolute Gasteiger partial charge is 0.338 e. The molecule has 0 radical (unpaired) electrons. The van der Waals surface area contributed by atoms with Crippen LogP contribution in [0.25, 0.3) is 22.4 Å². The summed E-state index contributed by atoms with van der Waals surface area (Å²) in [5.41, 5.74) is 4.58. The van der Waals surface area contributed by atoms with Gasteiger partial charge in [-0.15, -0.1) is 0 Å². The van der Waals surface area contributed by atoms with E-state index in [2.05, 4.69) is 20.6 Å². The zero-order valence-electron chi connectivity index (χ0n) is 17.8. The van der Waals surface area contributed by atoms with Crippen molar-refractivity contribution in [3.8, 4) is 11.4 Å². The van der Waals surface area contributed by atoms with Gasteiger partial charge in [-0.1, -0.05) is 42.5 Å². The average Bonchev–Trinajstić information content (AvgIpc) is 3.24. The van der Waals surface area contributed by atoms with E-state index in [0.29, 0.717) is 12.2 Å². The van der Waals surface area contributed by atoms with Crippen LogP contribution in [0.15, 0.2) is 78.9 Å². The Labute approximate surface area is 186 Å². The molecule has 0 saturated carbocycles. The van der Waals surface area contributed by atoms with Crippen LogP contribution in [0.4, 0.5) is 10.5 Å². The van der Waals surface area contributed by atoms with Crippen LogP contribution >= 0.6 is 0 Å². The Bertz CT molecular complexity index is 1170. The molecule has 3 amide bonds. The molecule has 7 nitrogen and oxygen atoms in total. The van der Waals surface area contributed by atoms with Gasteiger partial charge in [0.1, 0.15) is 5.82 Å². The maximum atomic E-state index is 12.2. The number of H-pyrrole nitrogens is 1. The lowest BCUT2D eigenvalue weighted by Crippen LogP contribution is -2.38. The zero-order valence-corrected chi connectivity index (χ0v) is 17.8. The first-order valence-corrected chi connectivity index (χ1v) is 10.5. The maximum absolute atomic E-state index is 12.2. The Hall–Kier alpha value is -4.13. The number of hydrogen-bond donors (Lipinski definition) is 3. The highest BCUT2D eigenvalue weighted by Crippen LogP contribution is 2.22. The van der Waals surface area contributed by atoms with Gasteiger partial charge >= 0.3 is 6.03 Å². The number of rotatable bonds is 7. The smallest absolute Gasteiger partial charge is 0.317 e. The van der Waals surface area contributed by atoms with E-state index in [-0.39, 0.29) is 24.9 Å². The van der Waals surface area contributed by atoms with Gasteiger partial charge in [-0.2, -0.15) is 0 Å². The SMILES string of the molecule is CN(Cc1ccccc1)C(=O)NCCC(=O)Nc1ccc(-c2nc3ccccc3[nH]2)cc1. The van der Waals surface area contributed by atoms with Crippen molar-refractivity contribution in [3.05, 3.63) is 84.4 Å². The van der Waals surface area contributed by atoms with Gasteiger partial charge < -0.3 is 20.5 Å². The molecule has 0 spiro atoms. The lowest BCUT2D eigenvalue weighted by atomic mass is 10.2. The second kappa shape index (κ2) is 9.78. The summed E-state index contributed by atoms with van der Waals surface area (Å²) < 4.78 is 0. The van der Waals surface area contributed by atoms with Crippen molar-refractivity contribution in [2.45, 2.75) is 13.0 Å². The van der Waals surface area contributed by atoms with E-state index in [1.165, 1.54) is 0 Å². The van der Waals surface area contributed by atoms with Gasteiger partial charge in [-0.3, -0.25) is 4.79 Å². The molecule has 0 aliphatic heterocycles. The number of aromatic amines is 1. The summed E-state index contributed by atoms with van der Waals surface area (Å²) in [4.78, 5) is 33.9. The van der Waals surface area contributed by atoms with E-state index in [9.17, 15) is 9.59 Å². The number of carbonyl (C=O) groups is 2. The van der Waals surface area contributed by atoms with Gasteiger partial charge in [0.15, 0.2) is 0 Å². The summed E-state index contributed by atoms with van der Waals surface area (Å²) in [5.74, 6) is 0.624. The molecule has 3 N–H and O–H groups in total. The third kappa shape index (κ3) is 5.31. The molecule has 7 heteroatoms. The Morgan fingerprint density at radius 1 is 0.938 bits per heavy atom. The van der Waals surface area contributed by atoms with Gasteiger partial charge in [0.05, 0.1) is 11.0 Å². The van der Waals surface area contributed by atoms with E-state index < -0.39 is 0 Å². The number of nitrogens with one attached hydrogen (secondary N) is 3. The number of anilines is 1. The van der Waals surface area contributed by atoms with Crippen molar-refractivity contribution < 1.29 is 9.59 Å². The first kappa shape index (κ1) is 21.1. The van der Waals surface area contributed by atoms with Crippen molar-refractivity contribution in [3.63, 3.8) is 0 Å². The van der Waals surface area contributed by atoms with Crippen molar-refractivity contribution in [1.82, 2.24) is 20.2 Å². The molecule has 0 unspecified atom stereocenters. The van der Waals surface area contributed by atoms with Crippen molar-refractivity contribution in [2.75, 3.05) is 18.9 Å². The normalized spacial score (nSPS) is 10.7. The number of para-hydroxylation sites is 2. The molecule has 162 valence electrons. The lowest BCUT2D eigenvalue weighted by molar-refractivity contribution is -0.116. The predicted octanol–water partition coefficient (Wildman–Crippen LogP) is 4.40. The van der Waals surface area contributed by atoms with Crippen molar-refractivity contribution in [2.24, 2.45) is 0 Å².